The molecule has 3 rings (SSSR count). The Morgan fingerprint density at radius 2 is 2.00 bits per heavy atom. The van der Waals surface area contributed by atoms with E-state index in [4.69, 9.17) is 4.74 Å². The van der Waals surface area contributed by atoms with E-state index in [1.54, 1.807) is 6.92 Å². The molecule has 1 heterocycles. The molecule has 1 aromatic heterocycles. The highest BCUT2D eigenvalue weighted by Crippen LogP contribution is 2.24. The van der Waals surface area contributed by atoms with Crippen molar-refractivity contribution >= 4 is 33.7 Å². The van der Waals surface area contributed by atoms with Crippen molar-refractivity contribution in [1.82, 2.24) is 14.8 Å². The van der Waals surface area contributed by atoms with Crippen LogP contribution >= 0.6 is 27.7 Å². The molecule has 0 fully saturated rings. The number of halogens is 1. The zero-order chi connectivity index (χ0) is 19.2. The van der Waals surface area contributed by atoms with Gasteiger partial charge < -0.3 is 9.84 Å². The third-order valence-electron chi connectivity index (χ3n) is 3.77. The first-order chi connectivity index (χ1) is 13.0. The Morgan fingerprint density at radius 1 is 1.22 bits per heavy atom. The van der Waals surface area contributed by atoms with E-state index in [1.807, 2.05) is 59.2 Å². The van der Waals surface area contributed by atoms with Crippen molar-refractivity contribution in [2.24, 2.45) is 0 Å². The molecule has 1 unspecified atom stereocenters. The third-order valence-corrected chi connectivity index (χ3v) is 5.33. The van der Waals surface area contributed by atoms with Gasteiger partial charge in [0.1, 0.15) is 17.6 Å². The van der Waals surface area contributed by atoms with Crippen molar-refractivity contribution in [3.8, 4) is 5.75 Å². The number of thioether (sulfide) groups is 1. The predicted molar refractivity (Wildman–Crippen MR) is 107 cm³/mol. The lowest BCUT2D eigenvalue weighted by Gasteiger charge is -2.12. The molecule has 1 atom stereocenters. The maximum atomic E-state index is 11.2. The van der Waals surface area contributed by atoms with E-state index in [1.165, 1.54) is 11.8 Å². The number of aliphatic carboxylic acids is 1. The van der Waals surface area contributed by atoms with Crippen molar-refractivity contribution in [3.05, 3.63) is 70.5 Å². The first-order valence-electron chi connectivity index (χ1n) is 8.27. The molecule has 2 aromatic carbocycles. The number of carboxylic acids is 1. The molecule has 6 nitrogen and oxygen atoms in total. The minimum Gasteiger partial charge on any atom is -0.486 e. The van der Waals surface area contributed by atoms with E-state index in [9.17, 15) is 9.90 Å². The molecular weight excluding hydrogens is 430 g/mol. The summed E-state index contributed by atoms with van der Waals surface area (Å²) in [6.07, 6.45) is 0. The highest BCUT2D eigenvalue weighted by Gasteiger charge is 2.20. The van der Waals surface area contributed by atoms with Gasteiger partial charge in [-0.05, 0) is 30.7 Å². The van der Waals surface area contributed by atoms with Gasteiger partial charge in [-0.1, -0.05) is 64.1 Å². The number of rotatable bonds is 8. The van der Waals surface area contributed by atoms with Crippen LogP contribution in [0.2, 0.25) is 0 Å². The molecule has 1 N–H and O–H groups in total. The second-order valence-corrected chi connectivity index (χ2v) is 8.04. The maximum Gasteiger partial charge on any atom is 0.316 e. The number of hydrogen-bond acceptors (Lipinski definition) is 5. The summed E-state index contributed by atoms with van der Waals surface area (Å²) >= 11 is 4.59. The minimum atomic E-state index is -0.888. The quantitative estimate of drug-likeness (QED) is 0.520. The molecule has 0 aliphatic rings. The Hall–Kier alpha value is -2.32. The Morgan fingerprint density at radius 3 is 2.70 bits per heavy atom. The molecule has 140 valence electrons. The molecule has 27 heavy (non-hydrogen) atoms. The molecule has 0 amide bonds. The molecule has 0 saturated heterocycles. The second-order valence-electron chi connectivity index (χ2n) is 5.81. The van der Waals surface area contributed by atoms with Crippen molar-refractivity contribution in [2.75, 3.05) is 0 Å². The molecule has 0 aliphatic carbocycles. The standard InChI is InChI=1S/C19H18BrN3O3S/c1-13(18(24)25)27-19-22-21-17(12-26-16-9-5-8-15(20)10-16)23(19)11-14-6-3-2-4-7-14/h2-10,13H,11-12H2,1H3,(H,24,25). The van der Waals surface area contributed by atoms with E-state index >= 15 is 0 Å². The first-order valence-corrected chi connectivity index (χ1v) is 9.94. The van der Waals surface area contributed by atoms with Crippen LogP contribution in [0.1, 0.15) is 18.3 Å². The smallest absolute Gasteiger partial charge is 0.316 e. The Balaban J connectivity index is 1.83. The summed E-state index contributed by atoms with van der Waals surface area (Å²) in [5, 5.41) is 17.5. The molecule has 0 radical (unpaired) electrons. The van der Waals surface area contributed by atoms with Gasteiger partial charge in [-0.3, -0.25) is 9.36 Å². The van der Waals surface area contributed by atoms with Crippen molar-refractivity contribution in [3.63, 3.8) is 0 Å². The Bertz CT molecular complexity index is 918. The fraction of sp³-hybridized carbons (Fsp3) is 0.211. The summed E-state index contributed by atoms with van der Waals surface area (Å²) < 4.78 is 8.67. The zero-order valence-corrected chi connectivity index (χ0v) is 17.0. The van der Waals surface area contributed by atoms with E-state index in [0.717, 1.165) is 10.0 Å². The van der Waals surface area contributed by atoms with Crippen LogP contribution in [0.15, 0.2) is 64.2 Å². The third kappa shape index (κ3) is 5.33. The highest BCUT2D eigenvalue weighted by molar-refractivity contribution is 9.10. The van der Waals surface area contributed by atoms with Crippen LogP contribution in [0.3, 0.4) is 0 Å². The fourth-order valence-electron chi connectivity index (χ4n) is 2.35. The van der Waals surface area contributed by atoms with Crippen LogP contribution < -0.4 is 4.74 Å². The van der Waals surface area contributed by atoms with Crippen LogP contribution in [0.25, 0.3) is 0 Å². The van der Waals surface area contributed by atoms with Gasteiger partial charge in [0.15, 0.2) is 11.0 Å². The number of carboxylic acid groups (broad SMARTS) is 1. The summed E-state index contributed by atoms with van der Waals surface area (Å²) in [6.45, 7) is 2.41. The van der Waals surface area contributed by atoms with Crippen LogP contribution in [-0.4, -0.2) is 31.1 Å². The lowest BCUT2D eigenvalue weighted by Crippen LogP contribution is -2.14. The summed E-state index contributed by atoms with van der Waals surface area (Å²) in [5.41, 5.74) is 1.07. The number of hydrogen-bond donors (Lipinski definition) is 1. The van der Waals surface area contributed by atoms with Gasteiger partial charge in [-0.2, -0.15) is 0 Å². The van der Waals surface area contributed by atoms with Crippen molar-refractivity contribution < 1.29 is 14.6 Å². The van der Waals surface area contributed by atoms with Crippen molar-refractivity contribution in [1.29, 1.82) is 0 Å². The van der Waals surface area contributed by atoms with E-state index in [-0.39, 0.29) is 6.61 Å². The SMILES string of the molecule is CC(Sc1nnc(COc2cccc(Br)c2)n1Cc1ccccc1)C(=O)O. The summed E-state index contributed by atoms with van der Waals surface area (Å²) in [6, 6.07) is 17.5. The van der Waals surface area contributed by atoms with Gasteiger partial charge in [0, 0.05) is 4.47 Å². The largest absolute Gasteiger partial charge is 0.486 e. The van der Waals surface area contributed by atoms with Crippen LogP contribution in [-0.2, 0) is 17.9 Å². The second kappa shape index (κ2) is 9.05. The molecule has 0 spiro atoms. The Kier molecular flexibility index (Phi) is 6.52. The first kappa shape index (κ1) is 19.4. The highest BCUT2D eigenvalue weighted by atomic mass is 79.9. The average Bonchev–Trinajstić information content (AvgIpc) is 3.02. The van der Waals surface area contributed by atoms with E-state index in [0.29, 0.717) is 23.3 Å². The van der Waals surface area contributed by atoms with Gasteiger partial charge in [-0.15, -0.1) is 10.2 Å². The number of benzene rings is 2. The lowest BCUT2D eigenvalue weighted by atomic mass is 10.2. The normalized spacial score (nSPS) is 11.9. The van der Waals surface area contributed by atoms with Crippen LogP contribution in [0.5, 0.6) is 5.75 Å². The van der Waals surface area contributed by atoms with Crippen LogP contribution in [0.4, 0.5) is 0 Å². The molecule has 3 aromatic rings. The predicted octanol–water partition coefficient (Wildman–Crippen LogP) is 4.23. The maximum absolute atomic E-state index is 11.2. The monoisotopic (exact) mass is 447 g/mol. The van der Waals surface area contributed by atoms with Gasteiger partial charge in [0.25, 0.3) is 0 Å². The lowest BCUT2D eigenvalue weighted by molar-refractivity contribution is -0.136. The van der Waals surface area contributed by atoms with Crippen molar-refractivity contribution in [2.45, 2.75) is 30.5 Å². The van der Waals surface area contributed by atoms with E-state index < -0.39 is 11.2 Å². The number of nitrogens with zero attached hydrogens (tertiary/aromatic N) is 3. The number of carbonyl (C=O) groups is 1. The van der Waals surface area contributed by atoms with Gasteiger partial charge >= 0.3 is 5.97 Å². The summed E-state index contributed by atoms with van der Waals surface area (Å²) in [5.74, 6) is 0.465. The molecule has 0 bridgehead atoms. The zero-order valence-electron chi connectivity index (χ0n) is 14.6. The van der Waals surface area contributed by atoms with Gasteiger partial charge in [0.05, 0.1) is 6.54 Å². The molecule has 8 heteroatoms. The molecular formula is C19H18BrN3O3S. The topological polar surface area (TPSA) is 77.2 Å². The van der Waals surface area contributed by atoms with E-state index in [2.05, 4.69) is 26.1 Å². The summed E-state index contributed by atoms with van der Waals surface area (Å²) in [7, 11) is 0. The average molecular weight is 448 g/mol. The minimum absolute atomic E-state index is 0.234. The molecule has 0 aliphatic heterocycles. The molecule has 0 saturated carbocycles. The summed E-state index contributed by atoms with van der Waals surface area (Å²) in [4.78, 5) is 11.2. The van der Waals surface area contributed by atoms with Gasteiger partial charge in [0.2, 0.25) is 0 Å². The van der Waals surface area contributed by atoms with Crippen LogP contribution in [0, 0.1) is 0 Å². The Labute approximate surface area is 169 Å². The fourth-order valence-corrected chi connectivity index (χ4v) is 3.53. The number of ether oxygens (including phenoxy) is 1. The number of aromatic nitrogens is 3. The van der Waals surface area contributed by atoms with Gasteiger partial charge in [-0.25, -0.2) is 0 Å².